The number of hydrogen-bond donors (Lipinski definition) is 2. The minimum atomic E-state index is -2.89. The maximum Gasteiger partial charge on any atom is 0.283 e. The lowest BCUT2D eigenvalue weighted by atomic mass is 10.0. The van der Waals surface area contributed by atoms with Crippen LogP contribution in [0.1, 0.15) is 64.1 Å². The van der Waals surface area contributed by atoms with Gasteiger partial charge < -0.3 is 11.1 Å². The number of nitrogens with two attached hydrogens (primary N) is 1. The molecule has 0 bridgehead atoms. The van der Waals surface area contributed by atoms with Crippen molar-refractivity contribution in [3.8, 4) is 11.1 Å². The highest BCUT2D eigenvalue weighted by molar-refractivity contribution is 9.10. The van der Waals surface area contributed by atoms with Gasteiger partial charge in [-0.05, 0) is 47.3 Å². The SMILES string of the molecule is Cc1nn(C)cc1-c1cc(C(F)F)nc2sc(C(N)=O)c(NC(=O)Cn3nc(C(F)F)c(Br)c3C3CC3)c12. The van der Waals surface area contributed by atoms with Crippen molar-refractivity contribution in [3.05, 3.63) is 44.4 Å². The molecular weight excluding hydrogens is 594 g/mol. The number of carbonyl (C=O) groups excluding carboxylic acids is 2. The first-order valence-corrected chi connectivity index (χ1v) is 13.0. The first-order valence-electron chi connectivity index (χ1n) is 11.4. The summed E-state index contributed by atoms with van der Waals surface area (Å²) in [5.74, 6) is -1.56. The first kappa shape index (κ1) is 26.3. The van der Waals surface area contributed by atoms with Gasteiger partial charge in [0.2, 0.25) is 5.91 Å². The highest BCUT2D eigenvalue weighted by atomic mass is 79.9. The Hall–Kier alpha value is -3.33. The number of alkyl halides is 4. The summed E-state index contributed by atoms with van der Waals surface area (Å²) in [7, 11) is 1.67. The summed E-state index contributed by atoms with van der Waals surface area (Å²) >= 11 is 3.96. The van der Waals surface area contributed by atoms with Gasteiger partial charge in [-0.3, -0.25) is 19.0 Å². The fourth-order valence-electron chi connectivity index (χ4n) is 4.39. The van der Waals surface area contributed by atoms with E-state index in [1.54, 1.807) is 20.2 Å². The molecule has 0 unspecified atom stereocenters. The Morgan fingerprint density at radius 3 is 2.47 bits per heavy atom. The maximum atomic E-state index is 13.7. The number of halogens is 5. The number of hydrogen-bond acceptors (Lipinski definition) is 6. The van der Waals surface area contributed by atoms with Gasteiger partial charge in [-0.15, -0.1) is 11.3 Å². The Balaban J connectivity index is 1.61. The zero-order valence-corrected chi connectivity index (χ0v) is 22.3. The zero-order valence-electron chi connectivity index (χ0n) is 19.9. The van der Waals surface area contributed by atoms with Crippen LogP contribution >= 0.6 is 27.3 Å². The summed E-state index contributed by atoms with van der Waals surface area (Å²) in [5, 5.41) is 11.1. The first-order chi connectivity index (χ1) is 18.0. The molecule has 0 aliphatic heterocycles. The number of fused-ring (bicyclic) bond motifs is 1. The van der Waals surface area contributed by atoms with Gasteiger partial charge in [-0.25, -0.2) is 22.5 Å². The average molecular weight is 614 g/mol. The number of amides is 2. The largest absolute Gasteiger partial charge is 0.365 e. The number of primary amides is 1. The molecule has 0 atom stereocenters. The van der Waals surface area contributed by atoms with E-state index in [4.69, 9.17) is 5.73 Å². The highest BCUT2D eigenvalue weighted by Gasteiger charge is 2.34. The van der Waals surface area contributed by atoms with Crippen molar-refractivity contribution in [1.29, 1.82) is 0 Å². The Bertz CT molecular complexity index is 1590. The molecule has 4 aromatic rings. The molecule has 0 aromatic carbocycles. The Morgan fingerprint density at radius 1 is 1.21 bits per heavy atom. The van der Waals surface area contributed by atoms with Gasteiger partial charge in [0.15, 0.2) is 0 Å². The number of nitrogens with zero attached hydrogens (tertiary/aromatic N) is 5. The van der Waals surface area contributed by atoms with Crippen LogP contribution in [-0.2, 0) is 18.4 Å². The molecule has 15 heteroatoms. The Morgan fingerprint density at radius 2 is 1.92 bits per heavy atom. The van der Waals surface area contributed by atoms with E-state index < -0.39 is 42.6 Å². The number of aromatic nitrogens is 5. The van der Waals surface area contributed by atoms with Gasteiger partial charge in [0, 0.05) is 30.1 Å². The number of pyridine rings is 1. The quantitative estimate of drug-likeness (QED) is 0.256. The van der Waals surface area contributed by atoms with E-state index in [1.807, 2.05) is 0 Å². The van der Waals surface area contributed by atoms with Crippen LogP contribution in [0.3, 0.4) is 0 Å². The molecule has 9 nitrogen and oxygen atoms in total. The monoisotopic (exact) mass is 613 g/mol. The van der Waals surface area contributed by atoms with Crippen LogP contribution in [0, 0.1) is 6.92 Å². The van der Waals surface area contributed by atoms with Crippen LogP contribution in [0.4, 0.5) is 23.2 Å². The molecule has 0 saturated heterocycles. The molecule has 5 rings (SSSR count). The topological polar surface area (TPSA) is 121 Å². The fraction of sp³-hybridized carbons (Fsp3) is 0.348. The average Bonchev–Trinajstić information content (AvgIpc) is 3.40. The number of rotatable bonds is 8. The summed E-state index contributed by atoms with van der Waals surface area (Å²) < 4.78 is 57.2. The normalized spacial score (nSPS) is 13.7. The van der Waals surface area contributed by atoms with E-state index in [9.17, 15) is 27.2 Å². The number of thiophene rings is 1. The second kappa shape index (κ2) is 9.76. The minimum Gasteiger partial charge on any atom is -0.365 e. The molecule has 1 aliphatic rings. The molecule has 1 fully saturated rings. The number of aryl methyl sites for hydroxylation is 2. The van der Waals surface area contributed by atoms with Gasteiger partial charge in [-0.1, -0.05) is 0 Å². The van der Waals surface area contributed by atoms with Crippen molar-refractivity contribution in [2.24, 2.45) is 12.8 Å². The molecule has 2 amide bonds. The van der Waals surface area contributed by atoms with Crippen molar-refractivity contribution in [2.45, 2.75) is 45.1 Å². The lowest BCUT2D eigenvalue weighted by molar-refractivity contribution is -0.117. The third-order valence-corrected chi connectivity index (χ3v) is 8.03. The Labute approximate surface area is 225 Å². The van der Waals surface area contributed by atoms with Crippen LogP contribution in [0.15, 0.2) is 16.7 Å². The summed E-state index contributed by atoms with van der Waals surface area (Å²) in [6, 6.07) is 1.19. The van der Waals surface area contributed by atoms with Crippen molar-refractivity contribution < 1.29 is 27.2 Å². The molecule has 1 saturated carbocycles. The third kappa shape index (κ3) is 4.68. The highest BCUT2D eigenvalue weighted by Crippen LogP contribution is 2.46. The molecule has 200 valence electrons. The second-order valence-electron chi connectivity index (χ2n) is 8.91. The van der Waals surface area contributed by atoms with Crippen LogP contribution in [0.5, 0.6) is 0 Å². The van der Waals surface area contributed by atoms with E-state index in [1.165, 1.54) is 15.4 Å². The van der Waals surface area contributed by atoms with Crippen molar-refractivity contribution in [2.75, 3.05) is 5.32 Å². The van der Waals surface area contributed by atoms with Crippen LogP contribution in [-0.4, -0.2) is 36.4 Å². The third-order valence-electron chi connectivity index (χ3n) is 6.12. The van der Waals surface area contributed by atoms with Gasteiger partial charge in [-0.2, -0.15) is 10.2 Å². The van der Waals surface area contributed by atoms with Gasteiger partial charge in [0.1, 0.15) is 27.6 Å². The predicted molar refractivity (Wildman–Crippen MR) is 136 cm³/mol. The van der Waals surface area contributed by atoms with Crippen LogP contribution in [0.25, 0.3) is 21.3 Å². The summed E-state index contributed by atoms with van der Waals surface area (Å²) in [6.45, 7) is 1.27. The molecule has 0 radical (unpaired) electrons. The van der Waals surface area contributed by atoms with E-state index in [2.05, 4.69) is 36.4 Å². The summed E-state index contributed by atoms with van der Waals surface area (Å²) in [5.41, 5.74) is 6.41. The molecule has 3 N–H and O–H groups in total. The summed E-state index contributed by atoms with van der Waals surface area (Å²) in [4.78, 5) is 29.5. The van der Waals surface area contributed by atoms with E-state index in [0.29, 0.717) is 17.0 Å². The van der Waals surface area contributed by atoms with E-state index in [-0.39, 0.29) is 36.7 Å². The minimum absolute atomic E-state index is 0.00217. The van der Waals surface area contributed by atoms with E-state index in [0.717, 1.165) is 24.2 Å². The molecule has 4 aromatic heterocycles. The molecule has 1 aliphatic carbocycles. The van der Waals surface area contributed by atoms with Crippen molar-refractivity contribution in [3.63, 3.8) is 0 Å². The lowest BCUT2D eigenvalue weighted by Crippen LogP contribution is -2.22. The second-order valence-corrected chi connectivity index (χ2v) is 10.7. The fourth-order valence-corrected chi connectivity index (χ4v) is 6.19. The van der Waals surface area contributed by atoms with Crippen molar-refractivity contribution in [1.82, 2.24) is 24.5 Å². The van der Waals surface area contributed by atoms with Crippen molar-refractivity contribution >= 4 is 55.0 Å². The molecule has 38 heavy (non-hydrogen) atoms. The zero-order chi connectivity index (χ0) is 27.5. The van der Waals surface area contributed by atoms with Gasteiger partial charge in [0.05, 0.1) is 21.5 Å². The van der Waals surface area contributed by atoms with Crippen LogP contribution < -0.4 is 11.1 Å². The molecule has 4 heterocycles. The Kier molecular flexibility index (Phi) is 6.75. The summed E-state index contributed by atoms with van der Waals surface area (Å²) in [6.07, 6.45) is -2.55. The predicted octanol–water partition coefficient (Wildman–Crippen LogP) is 5.45. The van der Waals surface area contributed by atoms with Gasteiger partial charge in [0.25, 0.3) is 18.8 Å². The number of anilines is 1. The standard InChI is InChI=1S/C23H20BrF4N7O2S/c1-8-11(6-34(2)32-8)10-5-12(20(25)26)30-23-14(10)16(19(38-23)22(29)37)31-13(36)7-35-18(9-3-4-9)15(24)17(33-35)21(27)28/h5-6,9,20-21H,3-4,7H2,1-2H3,(H2,29,37)(H,31,36). The molecule has 0 spiro atoms. The van der Waals surface area contributed by atoms with Crippen LogP contribution in [0.2, 0.25) is 0 Å². The van der Waals surface area contributed by atoms with Gasteiger partial charge >= 0.3 is 0 Å². The smallest absolute Gasteiger partial charge is 0.283 e. The number of carbonyl (C=O) groups is 2. The number of nitrogens with one attached hydrogen (secondary N) is 1. The molecular formula is C23H20BrF4N7O2S. The maximum absolute atomic E-state index is 13.7. The van der Waals surface area contributed by atoms with E-state index >= 15 is 0 Å². The lowest BCUT2D eigenvalue weighted by Gasteiger charge is -2.11.